The number of non-ortho nitro benzene ring substituents is 1. The largest absolute Gasteiger partial charge is 0.316 e. The first-order valence-corrected chi connectivity index (χ1v) is 6.59. The van der Waals surface area contributed by atoms with Crippen molar-refractivity contribution in [3.63, 3.8) is 0 Å². The zero-order chi connectivity index (χ0) is 13.0. The van der Waals surface area contributed by atoms with Gasteiger partial charge in [0, 0.05) is 18.7 Å². The van der Waals surface area contributed by atoms with Crippen LogP contribution in [0.15, 0.2) is 24.3 Å². The third-order valence-corrected chi connectivity index (χ3v) is 3.94. The molecule has 1 aromatic carbocycles. The Hall–Kier alpha value is -1.42. The molecule has 0 atom stereocenters. The summed E-state index contributed by atoms with van der Waals surface area (Å²) in [5, 5.41) is 14.0. The van der Waals surface area contributed by atoms with Crippen molar-refractivity contribution in [3.8, 4) is 0 Å². The van der Waals surface area contributed by atoms with Gasteiger partial charge in [-0.25, -0.2) is 0 Å². The van der Waals surface area contributed by atoms with Crippen molar-refractivity contribution in [2.75, 3.05) is 13.1 Å². The first kappa shape index (κ1) is 13.0. The third-order valence-electron chi connectivity index (χ3n) is 3.94. The van der Waals surface area contributed by atoms with Crippen LogP contribution < -0.4 is 5.32 Å². The normalized spacial score (nSPS) is 16.5. The molecule has 4 nitrogen and oxygen atoms in total. The van der Waals surface area contributed by atoms with Gasteiger partial charge >= 0.3 is 0 Å². The Bertz CT molecular complexity index is 410. The third kappa shape index (κ3) is 3.29. The van der Waals surface area contributed by atoms with E-state index >= 15 is 0 Å². The minimum absolute atomic E-state index is 0.162. The number of nitrogens with zero attached hydrogens (tertiary/aromatic N) is 1. The van der Waals surface area contributed by atoms with Crippen LogP contribution >= 0.6 is 0 Å². The topological polar surface area (TPSA) is 55.2 Å². The van der Waals surface area contributed by atoms with E-state index in [4.69, 9.17) is 0 Å². The summed E-state index contributed by atoms with van der Waals surface area (Å²) in [6.45, 7) is 4.31. The van der Waals surface area contributed by atoms with E-state index in [2.05, 4.69) is 12.2 Å². The smallest absolute Gasteiger partial charge is 0.269 e. The van der Waals surface area contributed by atoms with Crippen LogP contribution in [0, 0.1) is 15.5 Å². The summed E-state index contributed by atoms with van der Waals surface area (Å²) in [5.41, 5.74) is 1.89. The van der Waals surface area contributed by atoms with Crippen LogP contribution in [0.25, 0.3) is 0 Å². The lowest BCUT2D eigenvalue weighted by molar-refractivity contribution is -0.384. The highest BCUT2D eigenvalue weighted by Gasteiger charge is 2.39. The lowest BCUT2D eigenvalue weighted by Gasteiger charge is -2.13. The molecule has 0 saturated heterocycles. The molecular weight excluding hydrogens is 228 g/mol. The van der Waals surface area contributed by atoms with Gasteiger partial charge in [-0.15, -0.1) is 0 Å². The van der Waals surface area contributed by atoms with Crippen LogP contribution in [0.1, 0.15) is 31.7 Å². The quantitative estimate of drug-likeness (QED) is 0.458. The second kappa shape index (κ2) is 5.48. The van der Waals surface area contributed by atoms with E-state index in [1.54, 1.807) is 12.1 Å². The molecule has 0 spiro atoms. The highest BCUT2D eigenvalue weighted by atomic mass is 16.6. The molecule has 0 radical (unpaired) electrons. The highest BCUT2D eigenvalue weighted by molar-refractivity contribution is 5.32. The molecule has 1 aliphatic carbocycles. The molecule has 1 fully saturated rings. The zero-order valence-corrected chi connectivity index (χ0v) is 10.8. The Morgan fingerprint density at radius 1 is 1.33 bits per heavy atom. The summed E-state index contributed by atoms with van der Waals surface area (Å²) in [7, 11) is 0. The highest BCUT2D eigenvalue weighted by Crippen LogP contribution is 2.47. The van der Waals surface area contributed by atoms with Gasteiger partial charge in [0.15, 0.2) is 0 Å². The van der Waals surface area contributed by atoms with E-state index in [0.717, 1.165) is 25.1 Å². The molecule has 1 aliphatic rings. The molecule has 0 unspecified atom stereocenters. The minimum atomic E-state index is -0.361. The van der Waals surface area contributed by atoms with Gasteiger partial charge in [-0.3, -0.25) is 10.1 Å². The average molecular weight is 248 g/mol. The van der Waals surface area contributed by atoms with E-state index in [1.807, 2.05) is 12.1 Å². The van der Waals surface area contributed by atoms with E-state index in [-0.39, 0.29) is 10.6 Å². The molecule has 18 heavy (non-hydrogen) atoms. The summed E-state index contributed by atoms with van der Waals surface area (Å²) in [6, 6.07) is 6.83. The Morgan fingerprint density at radius 2 is 2.00 bits per heavy atom. The zero-order valence-electron chi connectivity index (χ0n) is 10.8. The van der Waals surface area contributed by atoms with Gasteiger partial charge in [-0.05, 0) is 43.2 Å². The first-order chi connectivity index (χ1) is 8.65. The molecule has 2 rings (SSSR count). The van der Waals surface area contributed by atoms with Crippen molar-refractivity contribution in [1.29, 1.82) is 0 Å². The monoisotopic (exact) mass is 248 g/mol. The van der Waals surface area contributed by atoms with Gasteiger partial charge in [0.05, 0.1) is 4.92 Å². The van der Waals surface area contributed by atoms with Gasteiger partial charge in [0.2, 0.25) is 0 Å². The number of nitro groups is 1. The number of nitro benzene ring substituents is 1. The van der Waals surface area contributed by atoms with E-state index in [0.29, 0.717) is 5.41 Å². The fraction of sp³-hybridized carbons (Fsp3) is 0.571. The standard InChI is InChI=1S/C14H20N2O2/c1-2-14(8-9-14)11-15-10-7-12-3-5-13(6-4-12)16(17)18/h3-6,15H,2,7-11H2,1H3. The number of rotatable bonds is 7. The summed E-state index contributed by atoms with van der Waals surface area (Å²) in [6.07, 6.45) is 4.90. The maximum atomic E-state index is 10.5. The van der Waals surface area contributed by atoms with Crippen LogP contribution in [-0.4, -0.2) is 18.0 Å². The molecule has 1 aromatic rings. The van der Waals surface area contributed by atoms with E-state index < -0.39 is 0 Å². The lowest BCUT2D eigenvalue weighted by Crippen LogP contribution is -2.25. The van der Waals surface area contributed by atoms with Crippen molar-refractivity contribution in [2.45, 2.75) is 32.6 Å². The Kier molecular flexibility index (Phi) is 3.97. The van der Waals surface area contributed by atoms with Crippen molar-refractivity contribution in [1.82, 2.24) is 5.32 Å². The van der Waals surface area contributed by atoms with Crippen molar-refractivity contribution >= 4 is 5.69 Å². The van der Waals surface area contributed by atoms with Crippen molar-refractivity contribution < 1.29 is 4.92 Å². The van der Waals surface area contributed by atoms with Gasteiger partial charge < -0.3 is 5.32 Å². The Labute approximate surface area is 108 Å². The molecule has 1 saturated carbocycles. The fourth-order valence-corrected chi connectivity index (χ4v) is 2.20. The molecule has 4 heteroatoms. The summed E-state index contributed by atoms with van der Waals surface area (Å²) < 4.78 is 0. The fourth-order valence-electron chi connectivity index (χ4n) is 2.20. The summed E-state index contributed by atoms with van der Waals surface area (Å²) >= 11 is 0. The minimum Gasteiger partial charge on any atom is -0.316 e. The second-order valence-corrected chi connectivity index (χ2v) is 5.20. The average Bonchev–Trinajstić information content (AvgIpc) is 3.16. The van der Waals surface area contributed by atoms with E-state index in [1.165, 1.54) is 19.3 Å². The summed E-state index contributed by atoms with van der Waals surface area (Å²) in [5.74, 6) is 0. The van der Waals surface area contributed by atoms with Crippen molar-refractivity contribution in [2.24, 2.45) is 5.41 Å². The molecule has 0 aromatic heterocycles. The van der Waals surface area contributed by atoms with Gasteiger partial charge in [-0.2, -0.15) is 0 Å². The predicted molar refractivity (Wildman–Crippen MR) is 71.6 cm³/mol. The maximum Gasteiger partial charge on any atom is 0.269 e. The van der Waals surface area contributed by atoms with Crippen LogP contribution in [0.4, 0.5) is 5.69 Å². The molecule has 98 valence electrons. The number of nitrogens with one attached hydrogen (secondary N) is 1. The molecular formula is C14H20N2O2. The number of benzene rings is 1. The number of hydrogen-bond donors (Lipinski definition) is 1. The van der Waals surface area contributed by atoms with Crippen molar-refractivity contribution in [3.05, 3.63) is 39.9 Å². The second-order valence-electron chi connectivity index (χ2n) is 5.20. The summed E-state index contributed by atoms with van der Waals surface area (Å²) in [4.78, 5) is 10.2. The van der Waals surface area contributed by atoms with E-state index in [9.17, 15) is 10.1 Å². The maximum absolute atomic E-state index is 10.5. The predicted octanol–water partition coefficient (Wildman–Crippen LogP) is 2.92. The number of hydrogen-bond acceptors (Lipinski definition) is 3. The van der Waals surface area contributed by atoms with Gasteiger partial charge in [-0.1, -0.05) is 19.1 Å². The molecule has 0 heterocycles. The molecule has 1 N–H and O–H groups in total. The van der Waals surface area contributed by atoms with Gasteiger partial charge in [0.25, 0.3) is 5.69 Å². The molecule has 0 amide bonds. The Morgan fingerprint density at radius 3 is 2.50 bits per heavy atom. The lowest BCUT2D eigenvalue weighted by atomic mass is 10.0. The van der Waals surface area contributed by atoms with Crippen LogP contribution in [-0.2, 0) is 6.42 Å². The van der Waals surface area contributed by atoms with Crippen LogP contribution in [0.3, 0.4) is 0 Å². The molecule has 0 aliphatic heterocycles. The van der Waals surface area contributed by atoms with Crippen LogP contribution in [0.2, 0.25) is 0 Å². The van der Waals surface area contributed by atoms with Crippen LogP contribution in [0.5, 0.6) is 0 Å². The first-order valence-electron chi connectivity index (χ1n) is 6.59. The van der Waals surface area contributed by atoms with Gasteiger partial charge in [0.1, 0.15) is 0 Å². The molecule has 0 bridgehead atoms. The Balaban J connectivity index is 1.71. The SMILES string of the molecule is CCC1(CNCCc2ccc([N+](=O)[O-])cc2)CC1.